The summed E-state index contributed by atoms with van der Waals surface area (Å²) >= 11 is 0. The molecule has 3 nitrogen and oxygen atoms in total. The second-order valence-electron chi connectivity index (χ2n) is 4.98. The SMILES string of the molecule is CCCN1CC(C)(C)Oc2cccc(N)c21. The highest BCUT2D eigenvalue weighted by Gasteiger charge is 2.32. The molecule has 0 bridgehead atoms. The predicted octanol–water partition coefficient (Wildman–Crippen LogP) is 2.66. The van der Waals surface area contributed by atoms with Gasteiger partial charge < -0.3 is 15.4 Å². The molecule has 0 unspecified atom stereocenters. The van der Waals surface area contributed by atoms with E-state index in [0.29, 0.717) is 0 Å². The number of nitrogen functional groups attached to an aromatic ring is 1. The van der Waals surface area contributed by atoms with Crippen LogP contribution in [-0.4, -0.2) is 18.7 Å². The molecule has 0 aliphatic carbocycles. The van der Waals surface area contributed by atoms with Crippen LogP contribution < -0.4 is 15.4 Å². The molecule has 0 radical (unpaired) electrons. The Bertz CT molecular complexity index is 388. The molecule has 0 saturated carbocycles. The van der Waals surface area contributed by atoms with Crippen LogP contribution in [-0.2, 0) is 0 Å². The van der Waals surface area contributed by atoms with E-state index < -0.39 is 0 Å². The fourth-order valence-electron chi connectivity index (χ4n) is 2.29. The fourth-order valence-corrected chi connectivity index (χ4v) is 2.29. The summed E-state index contributed by atoms with van der Waals surface area (Å²) in [6.07, 6.45) is 1.11. The van der Waals surface area contributed by atoms with Crippen LogP contribution in [0.5, 0.6) is 5.75 Å². The summed E-state index contributed by atoms with van der Waals surface area (Å²) in [7, 11) is 0. The summed E-state index contributed by atoms with van der Waals surface area (Å²) in [5.74, 6) is 0.907. The van der Waals surface area contributed by atoms with E-state index in [0.717, 1.165) is 36.6 Å². The lowest BCUT2D eigenvalue weighted by atomic mass is 10.0. The Morgan fingerprint density at radius 1 is 1.44 bits per heavy atom. The molecule has 88 valence electrons. The molecule has 1 aliphatic heterocycles. The molecule has 2 rings (SSSR count). The van der Waals surface area contributed by atoms with Gasteiger partial charge in [0.2, 0.25) is 0 Å². The Kier molecular flexibility index (Phi) is 2.70. The van der Waals surface area contributed by atoms with Crippen molar-refractivity contribution in [3.8, 4) is 5.75 Å². The summed E-state index contributed by atoms with van der Waals surface area (Å²) in [6.45, 7) is 8.32. The van der Waals surface area contributed by atoms with Crippen molar-refractivity contribution in [3.63, 3.8) is 0 Å². The van der Waals surface area contributed by atoms with Crippen molar-refractivity contribution in [3.05, 3.63) is 18.2 Å². The van der Waals surface area contributed by atoms with Gasteiger partial charge in [0, 0.05) is 6.54 Å². The minimum atomic E-state index is -0.143. The zero-order valence-corrected chi connectivity index (χ0v) is 10.3. The van der Waals surface area contributed by atoms with Crippen LogP contribution in [0.25, 0.3) is 0 Å². The van der Waals surface area contributed by atoms with E-state index in [9.17, 15) is 0 Å². The molecule has 0 aromatic heterocycles. The first-order valence-corrected chi connectivity index (χ1v) is 5.86. The third kappa shape index (κ3) is 1.94. The summed E-state index contributed by atoms with van der Waals surface area (Å²) in [4.78, 5) is 2.33. The first-order valence-electron chi connectivity index (χ1n) is 5.86. The number of benzene rings is 1. The van der Waals surface area contributed by atoms with E-state index in [1.807, 2.05) is 18.2 Å². The van der Waals surface area contributed by atoms with Gasteiger partial charge in [-0.15, -0.1) is 0 Å². The monoisotopic (exact) mass is 220 g/mol. The van der Waals surface area contributed by atoms with Crippen molar-refractivity contribution in [1.29, 1.82) is 0 Å². The van der Waals surface area contributed by atoms with Gasteiger partial charge >= 0.3 is 0 Å². The minimum absolute atomic E-state index is 0.143. The molecule has 0 spiro atoms. The van der Waals surface area contributed by atoms with E-state index >= 15 is 0 Å². The van der Waals surface area contributed by atoms with Crippen LogP contribution in [0, 0.1) is 0 Å². The molecular weight excluding hydrogens is 200 g/mol. The summed E-state index contributed by atoms with van der Waals surface area (Å²) < 4.78 is 5.96. The standard InChI is InChI=1S/C13H20N2O/c1-4-8-15-9-13(2,3)16-11-7-5-6-10(14)12(11)15/h5-7H,4,8-9,14H2,1-3H3. The van der Waals surface area contributed by atoms with Gasteiger partial charge in [0.25, 0.3) is 0 Å². The smallest absolute Gasteiger partial charge is 0.145 e. The quantitative estimate of drug-likeness (QED) is 0.779. The second-order valence-corrected chi connectivity index (χ2v) is 4.98. The molecule has 1 aromatic rings. The number of nitrogens with two attached hydrogens (primary N) is 1. The van der Waals surface area contributed by atoms with Gasteiger partial charge in [-0.05, 0) is 32.4 Å². The molecule has 0 atom stereocenters. The zero-order valence-electron chi connectivity index (χ0n) is 10.3. The highest BCUT2D eigenvalue weighted by atomic mass is 16.5. The molecule has 0 saturated heterocycles. The lowest BCUT2D eigenvalue weighted by Crippen LogP contribution is -2.47. The molecule has 1 aliphatic rings. The largest absolute Gasteiger partial charge is 0.484 e. The van der Waals surface area contributed by atoms with Crippen molar-refractivity contribution in [1.82, 2.24) is 0 Å². The normalized spacial score (nSPS) is 17.8. The van der Waals surface area contributed by atoms with Crippen molar-refractivity contribution in [2.45, 2.75) is 32.8 Å². The van der Waals surface area contributed by atoms with Crippen LogP contribution in [0.4, 0.5) is 11.4 Å². The van der Waals surface area contributed by atoms with Gasteiger partial charge in [-0.1, -0.05) is 13.0 Å². The Hall–Kier alpha value is -1.38. The van der Waals surface area contributed by atoms with Gasteiger partial charge in [-0.3, -0.25) is 0 Å². The van der Waals surface area contributed by atoms with Crippen LogP contribution in [0.15, 0.2) is 18.2 Å². The maximum absolute atomic E-state index is 6.03. The number of anilines is 2. The van der Waals surface area contributed by atoms with E-state index in [1.54, 1.807) is 0 Å². The van der Waals surface area contributed by atoms with Crippen LogP contribution in [0.3, 0.4) is 0 Å². The molecule has 1 aromatic carbocycles. The first kappa shape index (κ1) is 11.1. The highest BCUT2D eigenvalue weighted by Crippen LogP contribution is 2.40. The number of nitrogens with zero attached hydrogens (tertiary/aromatic N) is 1. The van der Waals surface area contributed by atoms with Crippen molar-refractivity contribution in [2.24, 2.45) is 0 Å². The van der Waals surface area contributed by atoms with E-state index in [-0.39, 0.29) is 5.60 Å². The average molecular weight is 220 g/mol. The summed E-state index contributed by atoms with van der Waals surface area (Å²) in [5.41, 5.74) is 7.75. The minimum Gasteiger partial charge on any atom is -0.484 e. The summed E-state index contributed by atoms with van der Waals surface area (Å²) in [6, 6.07) is 5.87. The number of hydrogen-bond acceptors (Lipinski definition) is 3. The van der Waals surface area contributed by atoms with Crippen LogP contribution >= 0.6 is 0 Å². The third-order valence-corrected chi connectivity index (χ3v) is 2.80. The van der Waals surface area contributed by atoms with E-state index in [2.05, 4.69) is 25.7 Å². The second kappa shape index (κ2) is 3.89. The molecular formula is C13H20N2O. The fraction of sp³-hybridized carbons (Fsp3) is 0.538. The lowest BCUT2D eigenvalue weighted by Gasteiger charge is -2.41. The third-order valence-electron chi connectivity index (χ3n) is 2.80. The zero-order chi connectivity index (χ0) is 11.8. The number of fused-ring (bicyclic) bond motifs is 1. The lowest BCUT2D eigenvalue weighted by molar-refractivity contribution is 0.105. The Morgan fingerprint density at radius 2 is 2.19 bits per heavy atom. The van der Waals surface area contributed by atoms with Gasteiger partial charge in [-0.2, -0.15) is 0 Å². The first-order chi connectivity index (χ1) is 7.53. The molecule has 3 heteroatoms. The Balaban J connectivity index is 2.43. The summed E-state index contributed by atoms with van der Waals surface area (Å²) in [5, 5.41) is 0. The number of hydrogen-bond donors (Lipinski definition) is 1. The molecule has 16 heavy (non-hydrogen) atoms. The van der Waals surface area contributed by atoms with E-state index in [4.69, 9.17) is 10.5 Å². The van der Waals surface area contributed by atoms with Crippen molar-refractivity contribution in [2.75, 3.05) is 23.7 Å². The van der Waals surface area contributed by atoms with Gasteiger partial charge in [-0.25, -0.2) is 0 Å². The van der Waals surface area contributed by atoms with Crippen LogP contribution in [0.2, 0.25) is 0 Å². The molecule has 2 N–H and O–H groups in total. The highest BCUT2D eigenvalue weighted by molar-refractivity contribution is 5.76. The van der Waals surface area contributed by atoms with Gasteiger partial charge in [0.05, 0.1) is 12.2 Å². The predicted molar refractivity (Wildman–Crippen MR) is 68.1 cm³/mol. The maximum atomic E-state index is 6.03. The van der Waals surface area contributed by atoms with Gasteiger partial charge in [0.1, 0.15) is 17.0 Å². The average Bonchev–Trinajstić information content (AvgIpc) is 2.15. The maximum Gasteiger partial charge on any atom is 0.145 e. The molecule has 1 heterocycles. The van der Waals surface area contributed by atoms with Crippen LogP contribution in [0.1, 0.15) is 27.2 Å². The van der Waals surface area contributed by atoms with Crippen molar-refractivity contribution >= 4 is 11.4 Å². The van der Waals surface area contributed by atoms with Gasteiger partial charge in [0.15, 0.2) is 0 Å². The number of ether oxygens (including phenoxy) is 1. The topological polar surface area (TPSA) is 38.5 Å². The number of para-hydroxylation sites is 1. The molecule has 0 fully saturated rings. The Morgan fingerprint density at radius 3 is 2.88 bits per heavy atom. The Labute approximate surface area is 97.2 Å². The molecule has 0 amide bonds. The van der Waals surface area contributed by atoms with Crippen molar-refractivity contribution < 1.29 is 4.74 Å². The van der Waals surface area contributed by atoms with E-state index in [1.165, 1.54) is 0 Å². The number of rotatable bonds is 2.